The summed E-state index contributed by atoms with van der Waals surface area (Å²) in [7, 11) is 0. The minimum Gasteiger partial charge on any atom is -0.485 e. The number of aryl methyl sites for hydroxylation is 1. The van der Waals surface area contributed by atoms with Gasteiger partial charge in [0.1, 0.15) is 23.9 Å². The third-order valence-corrected chi connectivity index (χ3v) is 2.45. The van der Waals surface area contributed by atoms with E-state index in [1.54, 1.807) is 19.3 Å². The first-order valence-corrected chi connectivity index (χ1v) is 5.34. The van der Waals surface area contributed by atoms with Crippen LogP contribution in [0.4, 0.5) is 4.39 Å². The van der Waals surface area contributed by atoms with Crippen molar-refractivity contribution in [1.29, 1.82) is 0 Å². The Balaban J connectivity index is 2.02. The molecule has 0 radical (unpaired) electrons. The highest BCUT2D eigenvalue weighted by atomic mass is 19.1. The molecule has 0 atom stereocenters. The number of ether oxygens (including phenoxy) is 1. The van der Waals surface area contributed by atoms with Gasteiger partial charge in [-0.1, -0.05) is 0 Å². The van der Waals surface area contributed by atoms with E-state index in [9.17, 15) is 4.39 Å². The van der Waals surface area contributed by atoms with Crippen LogP contribution >= 0.6 is 0 Å². The van der Waals surface area contributed by atoms with Gasteiger partial charge in [-0.05, 0) is 36.8 Å². The molecule has 90 valence electrons. The van der Waals surface area contributed by atoms with E-state index in [1.807, 2.05) is 6.07 Å². The van der Waals surface area contributed by atoms with Crippen LogP contribution in [0.3, 0.4) is 0 Å². The molecular weight excluding hydrogens is 221 g/mol. The number of hydrogen-bond donors (Lipinski definition) is 1. The van der Waals surface area contributed by atoms with Crippen LogP contribution in [-0.2, 0) is 13.2 Å². The number of hydrogen-bond acceptors (Lipinski definition) is 3. The Morgan fingerprint density at radius 3 is 2.82 bits per heavy atom. The lowest BCUT2D eigenvalue weighted by atomic mass is 10.2. The van der Waals surface area contributed by atoms with Gasteiger partial charge in [-0.3, -0.25) is 0 Å². The molecule has 0 spiro atoms. The molecule has 1 heterocycles. The molecule has 0 amide bonds. The van der Waals surface area contributed by atoms with Crippen LogP contribution in [-0.4, -0.2) is 0 Å². The van der Waals surface area contributed by atoms with E-state index in [0.29, 0.717) is 24.7 Å². The minimum absolute atomic E-state index is 0.265. The van der Waals surface area contributed by atoms with Gasteiger partial charge < -0.3 is 14.9 Å². The lowest BCUT2D eigenvalue weighted by Crippen LogP contribution is -1.96. The molecule has 0 fully saturated rings. The molecule has 4 heteroatoms. The molecule has 0 aliphatic rings. The summed E-state index contributed by atoms with van der Waals surface area (Å²) in [4.78, 5) is 0. The maximum Gasteiger partial charge on any atom is 0.146 e. The number of furan rings is 1. The Morgan fingerprint density at radius 1 is 1.35 bits per heavy atom. The molecule has 3 nitrogen and oxygen atoms in total. The summed E-state index contributed by atoms with van der Waals surface area (Å²) in [5.41, 5.74) is 7.16. The van der Waals surface area contributed by atoms with Gasteiger partial charge in [0.2, 0.25) is 0 Å². The zero-order valence-electron chi connectivity index (χ0n) is 9.57. The van der Waals surface area contributed by atoms with Crippen LogP contribution in [0.25, 0.3) is 0 Å². The summed E-state index contributed by atoms with van der Waals surface area (Å²) in [6.07, 6.45) is 1.61. The van der Waals surface area contributed by atoms with E-state index in [4.69, 9.17) is 14.9 Å². The van der Waals surface area contributed by atoms with E-state index in [0.717, 1.165) is 11.1 Å². The van der Waals surface area contributed by atoms with Crippen molar-refractivity contribution in [1.82, 2.24) is 0 Å². The van der Waals surface area contributed by atoms with Crippen molar-refractivity contribution in [3.05, 3.63) is 53.2 Å². The zero-order valence-corrected chi connectivity index (χ0v) is 9.57. The molecule has 1 aromatic heterocycles. The fourth-order valence-corrected chi connectivity index (χ4v) is 1.53. The Hall–Kier alpha value is -1.81. The first kappa shape index (κ1) is 11.7. The second kappa shape index (κ2) is 5.01. The number of halogens is 1. The summed E-state index contributed by atoms with van der Waals surface area (Å²) >= 11 is 0. The first-order valence-electron chi connectivity index (χ1n) is 5.34. The highest BCUT2D eigenvalue weighted by Crippen LogP contribution is 2.20. The van der Waals surface area contributed by atoms with Gasteiger partial charge in [0.15, 0.2) is 0 Å². The molecule has 0 aliphatic heterocycles. The quantitative estimate of drug-likeness (QED) is 0.886. The van der Waals surface area contributed by atoms with Crippen molar-refractivity contribution in [2.45, 2.75) is 20.1 Å². The van der Waals surface area contributed by atoms with Gasteiger partial charge in [0, 0.05) is 12.1 Å². The largest absolute Gasteiger partial charge is 0.485 e. The highest BCUT2D eigenvalue weighted by Gasteiger charge is 2.04. The molecule has 1 aromatic carbocycles. The van der Waals surface area contributed by atoms with Crippen molar-refractivity contribution in [2.24, 2.45) is 5.73 Å². The van der Waals surface area contributed by atoms with E-state index in [-0.39, 0.29) is 5.82 Å². The summed E-state index contributed by atoms with van der Waals surface area (Å²) in [6.45, 7) is 2.55. The summed E-state index contributed by atoms with van der Waals surface area (Å²) in [5.74, 6) is 1.09. The maximum absolute atomic E-state index is 12.9. The first-order chi connectivity index (χ1) is 8.19. The molecular formula is C13H14FNO2. The van der Waals surface area contributed by atoms with Crippen LogP contribution in [0.1, 0.15) is 16.9 Å². The maximum atomic E-state index is 12.9. The molecule has 2 rings (SSSR count). The fourth-order valence-electron chi connectivity index (χ4n) is 1.53. The van der Waals surface area contributed by atoms with Crippen LogP contribution in [0.15, 0.2) is 34.9 Å². The van der Waals surface area contributed by atoms with Gasteiger partial charge in [-0.2, -0.15) is 0 Å². The van der Waals surface area contributed by atoms with E-state index in [1.165, 1.54) is 12.1 Å². The van der Waals surface area contributed by atoms with Crippen LogP contribution in [0.2, 0.25) is 0 Å². The van der Waals surface area contributed by atoms with Gasteiger partial charge in [-0.25, -0.2) is 4.39 Å². The van der Waals surface area contributed by atoms with Crippen molar-refractivity contribution >= 4 is 0 Å². The molecule has 0 saturated heterocycles. The molecule has 0 saturated carbocycles. The Kier molecular flexibility index (Phi) is 3.44. The molecule has 17 heavy (non-hydrogen) atoms. The molecule has 0 unspecified atom stereocenters. The molecule has 0 bridgehead atoms. The lowest BCUT2D eigenvalue weighted by molar-refractivity contribution is 0.268. The van der Waals surface area contributed by atoms with Crippen LogP contribution < -0.4 is 10.5 Å². The monoisotopic (exact) mass is 235 g/mol. The highest BCUT2D eigenvalue weighted by molar-refractivity contribution is 5.32. The SMILES string of the molecule is Cc1cc(F)ccc1OCc1cc(CN)co1. The van der Waals surface area contributed by atoms with Crippen molar-refractivity contribution < 1.29 is 13.5 Å². The second-order valence-electron chi connectivity index (χ2n) is 3.82. The Morgan fingerprint density at radius 2 is 2.18 bits per heavy atom. The average Bonchev–Trinajstić information content (AvgIpc) is 2.76. The number of rotatable bonds is 4. The summed E-state index contributed by atoms with van der Waals surface area (Å²) in [6, 6.07) is 6.26. The molecule has 0 aliphatic carbocycles. The Bertz CT molecular complexity index is 508. The second-order valence-corrected chi connectivity index (χ2v) is 3.82. The van der Waals surface area contributed by atoms with Gasteiger partial charge >= 0.3 is 0 Å². The van der Waals surface area contributed by atoms with Crippen LogP contribution in [0, 0.1) is 12.7 Å². The number of benzene rings is 1. The van der Waals surface area contributed by atoms with Crippen LogP contribution in [0.5, 0.6) is 5.75 Å². The van der Waals surface area contributed by atoms with Crippen molar-refractivity contribution in [3.63, 3.8) is 0 Å². The van der Waals surface area contributed by atoms with Gasteiger partial charge in [0.25, 0.3) is 0 Å². The fraction of sp³-hybridized carbons (Fsp3) is 0.231. The topological polar surface area (TPSA) is 48.4 Å². The van der Waals surface area contributed by atoms with Gasteiger partial charge in [0.05, 0.1) is 6.26 Å². The van der Waals surface area contributed by atoms with Gasteiger partial charge in [-0.15, -0.1) is 0 Å². The molecule has 2 aromatic rings. The third kappa shape index (κ3) is 2.85. The predicted molar refractivity (Wildman–Crippen MR) is 62.1 cm³/mol. The average molecular weight is 235 g/mol. The normalized spacial score (nSPS) is 10.5. The van der Waals surface area contributed by atoms with E-state index >= 15 is 0 Å². The van der Waals surface area contributed by atoms with E-state index < -0.39 is 0 Å². The van der Waals surface area contributed by atoms with Crippen molar-refractivity contribution in [2.75, 3.05) is 0 Å². The predicted octanol–water partition coefficient (Wildman–Crippen LogP) is 2.76. The Labute approximate surface area is 99.0 Å². The third-order valence-electron chi connectivity index (χ3n) is 2.45. The summed E-state index contributed by atoms with van der Waals surface area (Å²) in [5, 5.41) is 0. The number of nitrogens with two attached hydrogens (primary N) is 1. The van der Waals surface area contributed by atoms with E-state index in [2.05, 4.69) is 0 Å². The standard InChI is InChI=1S/C13H14FNO2/c1-9-4-11(14)2-3-13(9)17-8-12-5-10(6-15)7-16-12/h2-5,7H,6,8,15H2,1H3. The molecule has 2 N–H and O–H groups in total. The lowest BCUT2D eigenvalue weighted by Gasteiger charge is -2.07. The summed E-state index contributed by atoms with van der Waals surface area (Å²) < 4.78 is 23.7. The minimum atomic E-state index is -0.265. The van der Waals surface area contributed by atoms with Crippen molar-refractivity contribution in [3.8, 4) is 5.75 Å². The zero-order chi connectivity index (χ0) is 12.3. The smallest absolute Gasteiger partial charge is 0.146 e.